The number of nitrogens with one attached hydrogen (secondary N) is 1. The van der Waals surface area contributed by atoms with E-state index in [2.05, 4.69) is 37.7 Å². The maximum Gasteiger partial charge on any atom is 0.251 e. The first-order valence-electron chi connectivity index (χ1n) is 10.5. The lowest BCUT2D eigenvalue weighted by Gasteiger charge is -2.35. The topological polar surface area (TPSA) is 57.7 Å². The quantitative estimate of drug-likeness (QED) is 0.514. The number of amides is 1. The van der Waals surface area contributed by atoms with Crippen LogP contribution in [-0.4, -0.2) is 61.6 Å². The molecule has 0 radical (unpaired) electrons. The molecule has 4 rings (SSSR count). The molecule has 0 bridgehead atoms. The SMILES string of the molecule is COc1ccc(C(=O)NCCCCN2CCN(c3snc4ccccc34)CC2)cc1.Cl. The van der Waals surface area contributed by atoms with E-state index in [-0.39, 0.29) is 18.3 Å². The number of hydrogen-bond donors (Lipinski definition) is 1. The number of fused-ring (bicyclic) bond motifs is 1. The number of carbonyl (C=O) groups is 1. The van der Waals surface area contributed by atoms with Gasteiger partial charge in [-0.2, -0.15) is 4.37 Å². The fourth-order valence-corrected chi connectivity index (χ4v) is 4.70. The molecule has 0 spiro atoms. The minimum Gasteiger partial charge on any atom is -0.497 e. The van der Waals surface area contributed by atoms with Gasteiger partial charge >= 0.3 is 0 Å². The third-order valence-corrected chi connectivity index (χ3v) is 6.50. The Morgan fingerprint density at radius 2 is 1.81 bits per heavy atom. The van der Waals surface area contributed by atoms with Crippen molar-refractivity contribution in [2.24, 2.45) is 0 Å². The molecule has 6 nitrogen and oxygen atoms in total. The predicted molar refractivity (Wildman–Crippen MR) is 130 cm³/mol. The van der Waals surface area contributed by atoms with Crippen LogP contribution in [0.5, 0.6) is 5.75 Å². The van der Waals surface area contributed by atoms with Gasteiger partial charge in [0.2, 0.25) is 0 Å². The Labute approximate surface area is 193 Å². The van der Waals surface area contributed by atoms with Gasteiger partial charge in [-0.05, 0) is 67.3 Å². The van der Waals surface area contributed by atoms with Crippen LogP contribution in [0, 0.1) is 0 Å². The van der Waals surface area contributed by atoms with Crippen LogP contribution in [-0.2, 0) is 0 Å². The predicted octanol–water partition coefficient (Wildman–Crippen LogP) is 4.06. The van der Waals surface area contributed by atoms with E-state index in [1.165, 1.54) is 10.4 Å². The monoisotopic (exact) mass is 460 g/mol. The Morgan fingerprint density at radius 3 is 2.55 bits per heavy atom. The molecule has 1 aliphatic heterocycles. The molecule has 0 atom stereocenters. The molecule has 0 saturated carbocycles. The molecule has 2 aromatic carbocycles. The van der Waals surface area contributed by atoms with Crippen LogP contribution in [0.25, 0.3) is 10.9 Å². The summed E-state index contributed by atoms with van der Waals surface area (Å²) in [6, 6.07) is 15.6. The Morgan fingerprint density at radius 1 is 1.06 bits per heavy atom. The molecule has 1 N–H and O–H groups in total. The van der Waals surface area contributed by atoms with Crippen molar-refractivity contribution < 1.29 is 9.53 Å². The van der Waals surface area contributed by atoms with Gasteiger partial charge in [0, 0.05) is 43.7 Å². The molecule has 1 aromatic heterocycles. The first kappa shape index (κ1) is 23.3. The van der Waals surface area contributed by atoms with E-state index in [0.29, 0.717) is 12.1 Å². The van der Waals surface area contributed by atoms with Crippen molar-refractivity contribution in [3.05, 3.63) is 54.1 Å². The number of halogens is 1. The zero-order valence-corrected chi connectivity index (χ0v) is 19.4. The molecule has 1 saturated heterocycles. The van der Waals surface area contributed by atoms with Gasteiger partial charge in [0.15, 0.2) is 0 Å². The van der Waals surface area contributed by atoms with Crippen molar-refractivity contribution in [3.8, 4) is 5.75 Å². The summed E-state index contributed by atoms with van der Waals surface area (Å²) in [5.41, 5.74) is 1.76. The number of benzene rings is 2. The van der Waals surface area contributed by atoms with Crippen LogP contribution in [0.3, 0.4) is 0 Å². The number of carbonyl (C=O) groups excluding carboxylic acids is 1. The molecule has 0 aliphatic carbocycles. The number of methoxy groups -OCH3 is 1. The summed E-state index contributed by atoms with van der Waals surface area (Å²) in [7, 11) is 1.62. The zero-order chi connectivity index (χ0) is 20.8. The Kier molecular flexibility index (Phi) is 8.51. The number of piperazine rings is 1. The van der Waals surface area contributed by atoms with Gasteiger partial charge in [-0.1, -0.05) is 12.1 Å². The highest BCUT2D eigenvalue weighted by Crippen LogP contribution is 2.31. The maximum atomic E-state index is 12.2. The third kappa shape index (κ3) is 5.87. The van der Waals surface area contributed by atoms with Gasteiger partial charge in [-0.3, -0.25) is 9.69 Å². The normalized spacial score (nSPS) is 14.3. The zero-order valence-electron chi connectivity index (χ0n) is 17.8. The molecule has 1 aliphatic rings. The lowest BCUT2D eigenvalue weighted by molar-refractivity contribution is 0.0952. The maximum absolute atomic E-state index is 12.2. The minimum absolute atomic E-state index is 0. The molecule has 3 aromatic rings. The highest BCUT2D eigenvalue weighted by Gasteiger charge is 2.20. The largest absolute Gasteiger partial charge is 0.497 e. The van der Waals surface area contributed by atoms with Crippen molar-refractivity contribution in [2.45, 2.75) is 12.8 Å². The van der Waals surface area contributed by atoms with Crippen LogP contribution in [0.4, 0.5) is 5.00 Å². The summed E-state index contributed by atoms with van der Waals surface area (Å²) in [4.78, 5) is 17.2. The number of hydrogen-bond acceptors (Lipinski definition) is 6. The number of rotatable bonds is 8. The van der Waals surface area contributed by atoms with Crippen molar-refractivity contribution in [1.82, 2.24) is 14.6 Å². The second kappa shape index (κ2) is 11.3. The van der Waals surface area contributed by atoms with E-state index in [1.54, 1.807) is 30.8 Å². The van der Waals surface area contributed by atoms with Crippen molar-refractivity contribution in [1.29, 1.82) is 0 Å². The van der Waals surface area contributed by atoms with Gasteiger partial charge in [0.25, 0.3) is 5.91 Å². The van der Waals surface area contributed by atoms with Gasteiger partial charge in [-0.15, -0.1) is 12.4 Å². The summed E-state index contributed by atoms with van der Waals surface area (Å²) in [6.07, 6.45) is 2.08. The number of aromatic nitrogens is 1. The van der Waals surface area contributed by atoms with Gasteiger partial charge in [0.05, 0.1) is 12.6 Å². The second-order valence-electron chi connectivity index (χ2n) is 7.53. The number of ether oxygens (including phenoxy) is 1. The molecule has 8 heteroatoms. The fraction of sp³-hybridized carbons (Fsp3) is 0.391. The van der Waals surface area contributed by atoms with Gasteiger partial charge in [-0.25, -0.2) is 0 Å². The second-order valence-corrected chi connectivity index (χ2v) is 8.28. The lowest BCUT2D eigenvalue weighted by atomic mass is 10.2. The van der Waals surface area contributed by atoms with Crippen LogP contribution >= 0.6 is 23.9 Å². The standard InChI is InChI=1S/C23H28N4O2S.ClH/c1-29-19-10-8-18(9-11-19)22(28)24-12-4-5-13-26-14-16-27(17-15-26)23-20-6-2-3-7-21(20)25-30-23;/h2-3,6-11H,4-5,12-17H2,1H3,(H,24,28);1H. The first-order chi connectivity index (χ1) is 14.7. The Bertz CT molecular complexity index is 971. The first-order valence-corrected chi connectivity index (χ1v) is 11.3. The highest BCUT2D eigenvalue weighted by atomic mass is 35.5. The van der Waals surface area contributed by atoms with Crippen LogP contribution < -0.4 is 15.0 Å². The molecular weight excluding hydrogens is 432 g/mol. The summed E-state index contributed by atoms with van der Waals surface area (Å²) in [5.74, 6) is 0.734. The average Bonchev–Trinajstić information content (AvgIpc) is 3.23. The van der Waals surface area contributed by atoms with E-state index >= 15 is 0 Å². The Hall–Kier alpha value is -2.35. The van der Waals surface area contributed by atoms with Gasteiger partial charge in [0.1, 0.15) is 10.8 Å². The average molecular weight is 461 g/mol. The van der Waals surface area contributed by atoms with E-state index in [0.717, 1.165) is 56.8 Å². The molecule has 0 unspecified atom stereocenters. The number of nitrogens with zero attached hydrogens (tertiary/aromatic N) is 3. The van der Waals surface area contributed by atoms with Crippen molar-refractivity contribution in [2.75, 3.05) is 51.3 Å². The smallest absolute Gasteiger partial charge is 0.251 e. The fourth-order valence-electron chi connectivity index (χ4n) is 3.79. The summed E-state index contributed by atoms with van der Waals surface area (Å²) >= 11 is 1.61. The van der Waals surface area contributed by atoms with Crippen LogP contribution in [0.15, 0.2) is 48.5 Å². The summed E-state index contributed by atoms with van der Waals surface area (Å²) in [5, 5.41) is 5.57. The van der Waals surface area contributed by atoms with Crippen molar-refractivity contribution >= 4 is 45.8 Å². The summed E-state index contributed by atoms with van der Waals surface area (Å²) < 4.78 is 9.70. The van der Waals surface area contributed by atoms with Crippen LogP contribution in [0.1, 0.15) is 23.2 Å². The van der Waals surface area contributed by atoms with E-state index in [4.69, 9.17) is 4.74 Å². The van der Waals surface area contributed by atoms with Crippen molar-refractivity contribution in [3.63, 3.8) is 0 Å². The Balaban J connectivity index is 0.00000272. The van der Waals surface area contributed by atoms with E-state index in [9.17, 15) is 4.79 Å². The number of anilines is 1. The number of unbranched alkanes of at least 4 members (excludes halogenated alkanes) is 1. The highest BCUT2D eigenvalue weighted by molar-refractivity contribution is 7.11. The molecule has 1 amide bonds. The van der Waals surface area contributed by atoms with Crippen LogP contribution in [0.2, 0.25) is 0 Å². The third-order valence-electron chi connectivity index (χ3n) is 5.56. The molecular formula is C23H29ClN4O2S. The molecule has 1 fully saturated rings. The lowest BCUT2D eigenvalue weighted by Crippen LogP contribution is -2.46. The van der Waals surface area contributed by atoms with E-state index in [1.807, 2.05) is 18.2 Å². The molecule has 166 valence electrons. The van der Waals surface area contributed by atoms with Gasteiger partial charge < -0.3 is 15.0 Å². The minimum atomic E-state index is -0.0250. The summed E-state index contributed by atoms with van der Waals surface area (Å²) in [6.45, 7) is 6.02. The molecule has 31 heavy (non-hydrogen) atoms. The van der Waals surface area contributed by atoms with E-state index < -0.39 is 0 Å². The molecule has 2 heterocycles.